The molecule has 1 N–H and O–H groups in total. The van der Waals surface area contributed by atoms with Crippen molar-refractivity contribution < 1.29 is 24.2 Å². The summed E-state index contributed by atoms with van der Waals surface area (Å²) >= 11 is 0. The molecule has 3 amide bonds. The highest BCUT2D eigenvalue weighted by molar-refractivity contribution is 5.99. The monoisotopic (exact) mass is 559 g/mol. The molecule has 3 fully saturated rings. The van der Waals surface area contributed by atoms with Crippen LogP contribution in [-0.4, -0.2) is 93.6 Å². The summed E-state index contributed by atoms with van der Waals surface area (Å²) in [5.41, 5.74) is -1.75. The number of aliphatic hydroxyl groups excluding tert-OH is 1. The van der Waals surface area contributed by atoms with Gasteiger partial charge in [0.2, 0.25) is 17.7 Å². The second-order valence-corrected chi connectivity index (χ2v) is 12.0. The van der Waals surface area contributed by atoms with E-state index in [1.54, 1.807) is 17.1 Å². The van der Waals surface area contributed by atoms with Crippen LogP contribution >= 0.6 is 0 Å². The Balaban J connectivity index is 2.06. The van der Waals surface area contributed by atoms with E-state index in [1.165, 1.54) is 0 Å². The van der Waals surface area contributed by atoms with Gasteiger partial charge in [-0.2, -0.15) is 0 Å². The Labute approximate surface area is 241 Å². The quantitative estimate of drug-likeness (QED) is 0.200. The third-order valence-electron chi connectivity index (χ3n) is 9.49. The van der Waals surface area contributed by atoms with Gasteiger partial charge in [0.15, 0.2) is 0 Å². The molecule has 3 heterocycles. The van der Waals surface area contributed by atoms with Crippen molar-refractivity contribution in [1.82, 2.24) is 14.7 Å². The number of hydrogen-bond donors (Lipinski definition) is 1. The summed E-state index contributed by atoms with van der Waals surface area (Å²) in [6.07, 6.45) is 11.2. The van der Waals surface area contributed by atoms with Crippen molar-refractivity contribution in [2.75, 3.05) is 32.8 Å². The fraction of sp³-hybridized carbons (Fsp3) is 0.781. The van der Waals surface area contributed by atoms with E-state index in [-0.39, 0.29) is 30.4 Å². The van der Waals surface area contributed by atoms with Crippen molar-refractivity contribution in [3.63, 3.8) is 0 Å². The van der Waals surface area contributed by atoms with Gasteiger partial charge in [0.1, 0.15) is 11.6 Å². The summed E-state index contributed by atoms with van der Waals surface area (Å²) in [4.78, 5) is 48.6. The number of amides is 3. The maximum absolute atomic E-state index is 14.5. The molecule has 226 valence electrons. The highest BCUT2D eigenvalue weighted by Gasteiger charge is 2.79. The molecule has 0 aromatic carbocycles. The third-order valence-corrected chi connectivity index (χ3v) is 9.49. The lowest BCUT2D eigenvalue weighted by atomic mass is 9.64. The van der Waals surface area contributed by atoms with Crippen LogP contribution < -0.4 is 0 Å². The normalized spacial score (nSPS) is 29.4. The first-order chi connectivity index (χ1) is 19.2. The molecule has 0 radical (unpaired) electrons. The Morgan fingerprint density at radius 3 is 2.38 bits per heavy atom. The Morgan fingerprint density at radius 2 is 1.77 bits per heavy atom. The highest BCUT2D eigenvalue weighted by atomic mass is 16.5. The summed E-state index contributed by atoms with van der Waals surface area (Å²) in [7, 11) is 0. The first-order valence-corrected chi connectivity index (χ1v) is 15.7. The maximum Gasteiger partial charge on any atom is 0.248 e. The number of ether oxygens (including phenoxy) is 1. The summed E-state index contributed by atoms with van der Waals surface area (Å²) in [6.45, 7) is 18.0. The molecule has 3 saturated heterocycles. The SMILES string of the molecule is C=CCN(CCC)C(=O)[C@@H]1[C@H]2C(=O)N(CCCCCCO)C(C(=O)N(CC=C)C(C)CCC)C23CC[C@@]1(CC)O3. The van der Waals surface area contributed by atoms with Gasteiger partial charge in [-0.1, -0.05) is 52.2 Å². The number of hydrogen-bond acceptors (Lipinski definition) is 5. The van der Waals surface area contributed by atoms with Crippen molar-refractivity contribution in [3.8, 4) is 0 Å². The van der Waals surface area contributed by atoms with E-state index in [0.717, 1.165) is 44.9 Å². The fourth-order valence-electron chi connectivity index (χ4n) is 7.63. The van der Waals surface area contributed by atoms with Crippen LogP contribution in [-0.2, 0) is 19.1 Å². The summed E-state index contributed by atoms with van der Waals surface area (Å²) in [5.74, 6) is -1.55. The van der Waals surface area contributed by atoms with Gasteiger partial charge in [-0.05, 0) is 51.9 Å². The first-order valence-electron chi connectivity index (χ1n) is 15.7. The van der Waals surface area contributed by atoms with Crippen LogP contribution in [0.15, 0.2) is 25.3 Å². The number of aliphatic hydroxyl groups is 1. The molecule has 3 aliphatic rings. The highest BCUT2D eigenvalue weighted by Crippen LogP contribution is 2.64. The van der Waals surface area contributed by atoms with Gasteiger partial charge in [0.05, 0.1) is 17.4 Å². The smallest absolute Gasteiger partial charge is 0.248 e. The molecular weight excluding hydrogens is 506 g/mol. The summed E-state index contributed by atoms with van der Waals surface area (Å²) in [6, 6.07) is -0.761. The number of fused-ring (bicyclic) bond motifs is 1. The van der Waals surface area contributed by atoms with E-state index in [4.69, 9.17) is 4.74 Å². The zero-order valence-electron chi connectivity index (χ0n) is 25.4. The van der Waals surface area contributed by atoms with E-state index >= 15 is 0 Å². The van der Waals surface area contributed by atoms with Crippen molar-refractivity contribution in [2.45, 2.75) is 115 Å². The van der Waals surface area contributed by atoms with Gasteiger partial charge in [-0.25, -0.2) is 0 Å². The van der Waals surface area contributed by atoms with Crippen LogP contribution in [0.25, 0.3) is 0 Å². The first kappa shape index (κ1) is 32.3. The Hall–Kier alpha value is -2.19. The molecule has 0 aliphatic carbocycles. The third kappa shape index (κ3) is 5.76. The molecular formula is C32H53N3O5. The molecule has 3 aliphatic heterocycles. The van der Waals surface area contributed by atoms with Crippen molar-refractivity contribution in [3.05, 3.63) is 25.3 Å². The van der Waals surface area contributed by atoms with Gasteiger partial charge < -0.3 is 24.5 Å². The molecule has 1 spiro atoms. The molecule has 40 heavy (non-hydrogen) atoms. The Kier molecular flexibility index (Phi) is 11.4. The molecule has 3 unspecified atom stereocenters. The van der Waals surface area contributed by atoms with Gasteiger partial charge >= 0.3 is 0 Å². The number of likely N-dealkylation sites (tertiary alicyclic amines) is 1. The number of nitrogens with zero attached hydrogens (tertiary/aromatic N) is 3. The summed E-state index contributed by atoms with van der Waals surface area (Å²) < 4.78 is 6.97. The Morgan fingerprint density at radius 1 is 1.07 bits per heavy atom. The van der Waals surface area contributed by atoms with Crippen molar-refractivity contribution in [1.29, 1.82) is 0 Å². The van der Waals surface area contributed by atoms with Crippen LogP contribution in [0.1, 0.15) is 91.9 Å². The van der Waals surface area contributed by atoms with Crippen LogP contribution in [0.4, 0.5) is 0 Å². The standard InChI is InChI=1S/C32H53N3O5/c1-7-16-24(6)34(21-10-4)30(39)27-32-18-17-31(11-5,40-32)25(28(37)33(19-8-2)20-9-3)26(32)29(38)35(27)22-14-12-13-15-23-36/h8,10,24-27,36H,2,4,7,9,11-23H2,1,3,5-6H3/t24?,25-,26-,27?,31+,32?/m0/s1. The van der Waals surface area contributed by atoms with Crippen LogP contribution in [0, 0.1) is 11.8 Å². The second kappa shape index (κ2) is 14.1. The predicted molar refractivity (Wildman–Crippen MR) is 157 cm³/mol. The minimum Gasteiger partial charge on any atom is -0.396 e. The molecule has 0 aromatic heterocycles. The molecule has 6 atom stereocenters. The molecule has 8 nitrogen and oxygen atoms in total. The van der Waals surface area contributed by atoms with Gasteiger partial charge in [-0.15, -0.1) is 13.2 Å². The molecule has 8 heteroatoms. The van der Waals surface area contributed by atoms with Crippen molar-refractivity contribution >= 4 is 17.7 Å². The zero-order valence-corrected chi connectivity index (χ0v) is 25.4. The topological polar surface area (TPSA) is 90.4 Å². The lowest BCUT2D eigenvalue weighted by molar-refractivity contribution is -0.156. The Bertz CT molecular complexity index is 924. The molecule has 2 bridgehead atoms. The lowest BCUT2D eigenvalue weighted by Gasteiger charge is -2.39. The predicted octanol–water partition coefficient (Wildman–Crippen LogP) is 4.32. The molecule has 0 aromatic rings. The van der Waals surface area contributed by atoms with Crippen LogP contribution in [0.3, 0.4) is 0 Å². The number of carbonyl (C=O) groups is 3. The average molecular weight is 560 g/mol. The number of rotatable bonds is 18. The second-order valence-electron chi connectivity index (χ2n) is 12.0. The number of unbranched alkanes of at least 4 members (excludes halogenated alkanes) is 3. The van der Waals surface area contributed by atoms with E-state index < -0.39 is 29.1 Å². The zero-order chi connectivity index (χ0) is 29.5. The van der Waals surface area contributed by atoms with E-state index in [2.05, 4.69) is 27.0 Å². The minimum atomic E-state index is -1.01. The molecule has 0 saturated carbocycles. The minimum absolute atomic E-state index is 0.00346. The molecule has 3 rings (SSSR count). The van der Waals surface area contributed by atoms with E-state index in [1.807, 2.05) is 23.6 Å². The average Bonchev–Trinajstić information content (AvgIpc) is 3.54. The van der Waals surface area contributed by atoms with Crippen molar-refractivity contribution in [2.24, 2.45) is 11.8 Å². The number of carbonyl (C=O) groups excluding carboxylic acids is 3. The van der Waals surface area contributed by atoms with Gasteiger partial charge in [0, 0.05) is 38.8 Å². The van der Waals surface area contributed by atoms with Crippen LogP contribution in [0.2, 0.25) is 0 Å². The van der Waals surface area contributed by atoms with Crippen LogP contribution in [0.5, 0.6) is 0 Å². The lowest BCUT2D eigenvalue weighted by Crippen LogP contribution is -2.58. The van der Waals surface area contributed by atoms with Gasteiger partial charge in [-0.3, -0.25) is 14.4 Å². The summed E-state index contributed by atoms with van der Waals surface area (Å²) in [5, 5.41) is 9.19. The largest absolute Gasteiger partial charge is 0.396 e. The van der Waals surface area contributed by atoms with E-state index in [0.29, 0.717) is 45.4 Å². The fourth-order valence-corrected chi connectivity index (χ4v) is 7.63. The maximum atomic E-state index is 14.5. The van der Waals surface area contributed by atoms with Gasteiger partial charge in [0.25, 0.3) is 0 Å². The van der Waals surface area contributed by atoms with E-state index in [9.17, 15) is 19.5 Å².